The van der Waals surface area contributed by atoms with Gasteiger partial charge in [0, 0.05) is 13.2 Å². The minimum absolute atomic E-state index is 0. The van der Waals surface area contributed by atoms with E-state index in [2.05, 4.69) is 14.9 Å². The number of carbonyl (C=O) groups excluding carboxylic acids is 1. The van der Waals surface area contributed by atoms with Crippen LogP contribution in [0.4, 0.5) is 0 Å². The van der Waals surface area contributed by atoms with E-state index in [1.54, 1.807) is 0 Å². The van der Waals surface area contributed by atoms with Gasteiger partial charge in [-0.25, -0.2) is 8.98 Å². The number of hydrogen-bond donors (Lipinski definition) is 2. The van der Waals surface area contributed by atoms with Gasteiger partial charge in [-0.05, 0) is 13.8 Å². The van der Waals surface area contributed by atoms with Crippen LogP contribution in [0.3, 0.4) is 0 Å². The van der Waals surface area contributed by atoms with Crippen molar-refractivity contribution < 1.29 is 67.5 Å². The van der Waals surface area contributed by atoms with Crippen molar-refractivity contribution in [2.45, 2.75) is 20.0 Å². The standard InChI is InChI=1S/C6H10O7S.C4H10O.Na.H/c1-2-3-12-14(10,11)13-6(9)5(8)4-7;1-3-5-4-2;;/h2,5,7-8H,1,3-4H2;3-4H2,1-2H3;;/q;;+1;-1. The maximum absolute atomic E-state index is 10.7. The van der Waals surface area contributed by atoms with Crippen LogP contribution in [0, 0.1) is 0 Å². The van der Waals surface area contributed by atoms with Crippen molar-refractivity contribution in [2.24, 2.45) is 0 Å². The average Bonchev–Trinajstić information content (AvgIpc) is 2.36. The summed E-state index contributed by atoms with van der Waals surface area (Å²) in [7, 11) is -4.49. The molecular weight excluding hydrogens is 303 g/mol. The summed E-state index contributed by atoms with van der Waals surface area (Å²) in [5.41, 5.74) is 0. The van der Waals surface area contributed by atoms with Gasteiger partial charge in [-0.15, -0.1) is 6.58 Å². The van der Waals surface area contributed by atoms with Crippen LogP contribution < -0.4 is 29.6 Å². The number of carbonyl (C=O) groups is 1. The molecule has 0 amide bonds. The molecule has 10 heteroatoms. The third kappa shape index (κ3) is 16.1. The van der Waals surface area contributed by atoms with E-state index in [1.165, 1.54) is 0 Å². The zero-order valence-corrected chi connectivity index (χ0v) is 14.8. The van der Waals surface area contributed by atoms with E-state index in [9.17, 15) is 13.2 Å². The summed E-state index contributed by atoms with van der Waals surface area (Å²) < 4.78 is 34.1. The molecule has 0 aromatic rings. The molecule has 1 unspecified atom stereocenters. The van der Waals surface area contributed by atoms with Gasteiger partial charge in [-0.2, -0.15) is 8.42 Å². The number of ether oxygens (including phenoxy) is 1. The van der Waals surface area contributed by atoms with Crippen molar-refractivity contribution in [1.29, 1.82) is 0 Å². The third-order valence-electron chi connectivity index (χ3n) is 1.37. The first-order valence-corrected chi connectivity index (χ1v) is 6.78. The Morgan fingerprint density at radius 3 is 2.20 bits per heavy atom. The second-order valence-corrected chi connectivity index (χ2v) is 4.08. The first kappa shape index (κ1) is 25.0. The largest absolute Gasteiger partial charge is 1.00 e. The molecule has 0 spiro atoms. The molecule has 0 rings (SSSR count). The first-order chi connectivity index (χ1) is 8.84. The van der Waals surface area contributed by atoms with Crippen LogP contribution in [0.2, 0.25) is 0 Å². The van der Waals surface area contributed by atoms with Gasteiger partial charge in [-0.1, -0.05) is 6.08 Å². The topological polar surface area (TPSA) is 119 Å². The zero-order valence-electron chi connectivity index (χ0n) is 12.9. The number of aliphatic hydroxyl groups excluding tert-OH is 2. The monoisotopic (exact) mass is 324 g/mol. The molecule has 2 N–H and O–H groups in total. The van der Waals surface area contributed by atoms with Crippen LogP contribution in [0.5, 0.6) is 0 Å². The van der Waals surface area contributed by atoms with Crippen molar-refractivity contribution in [3.05, 3.63) is 12.7 Å². The van der Waals surface area contributed by atoms with Gasteiger partial charge >= 0.3 is 45.9 Å². The molecule has 0 saturated carbocycles. The molecule has 0 bridgehead atoms. The Balaban J connectivity index is -0.000000179. The fourth-order valence-corrected chi connectivity index (χ4v) is 1.21. The second kappa shape index (κ2) is 15.4. The molecule has 0 aliphatic rings. The van der Waals surface area contributed by atoms with Gasteiger partial charge in [0.15, 0.2) is 6.10 Å². The molecule has 0 fully saturated rings. The molecule has 0 aromatic heterocycles. The van der Waals surface area contributed by atoms with Gasteiger partial charge in [0.2, 0.25) is 0 Å². The molecule has 0 aromatic carbocycles. The summed E-state index contributed by atoms with van der Waals surface area (Å²) in [6, 6.07) is 0. The zero-order chi connectivity index (χ0) is 15.3. The molecule has 0 aliphatic carbocycles. The van der Waals surface area contributed by atoms with Crippen LogP contribution in [-0.4, -0.2) is 57.1 Å². The van der Waals surface area contributed by atoms with E-state index in [0.29, 0.717) is 0 Å². The summed E-state index contributed by atoms with van der Waals surface area (Å²) in [6.45, 7) is 7.55. The molecular formula is C10H21NaO8S. The van der Waals surface area contributed by atoms with Crippen molar-refractivity contribution in [3.8, 4) is 0 Å². The number of aliphatic hydroxyl groups is 2. The smallest absolute Gasteiger partial charge is 1.00 e. The second-order valence-electron chi connectivity index (χ2n) is 2.86. The van der Waals surface area contributed by atoms with E-state index in [0.717, 1.165) is 19.3 Å². The summed E-state index contributed by atoms with van der Waals surface area (Å²) >= 11 is 0. The van der Waals surface area contributed by atoms with E-state index in [4.69, 9.17) is 14.9 Å². The van der Waals surface area contributed by atoms with E-state index in [1.807, 2.05) is 13.8 Å². The Bertz CT molecular complexity index is 347. The summed E-state index contributed by atoms with van der Waals surface area (Å²) in [6.07, 6.45) is -0.773. The maximum atomic E-state index is 10.7. The Morgan fingerprint density at radius 1 is 1.40 bits per heavy atom. The van der Waals surface area contributed by atoms with Crippen LogP contribution in [0.25, 0.3) is 0 Å². The minimum atomic E-state index is -4.49. The minimum Gasteiger partial charge on any atom is -1.00 e. The van der Waals surface area contributed by atoms with Crippen molar-refractivity contribution in [3.63, 3.8) is 0 Å². The van der Waals surface area contributed by atoms with E-state index in [-0.39, 0.29) is 37.6 Å². The predicted molar refractivity (Wildman–Crippen MR) is 67.5 cm³/mol. The number of hydrogen-bond acceptors (Lipinski definition) is 8. The van der Waals surface area contributed by atoms with E-state index >= 15 is 0 Å². The predicted octanol–water partition coefficient (Wildman–Crippen LogP) is -3.51. The normalized spacial score (nSPS) is 11.4. The Kier molecular flexibility index (Phi) is 19.2. The Hall–Kier alpha value is -0.000000000000000222. The van der Waals surface area contributed by atoms with Crippen LogP contribution >= 0.6 is 0 Å². The van der Waals surface area contributed by atoms with Gasteiger partial charge < -0.3 is 20.6 Å². The fourth-order valence-electron chi connectivity index (χ4n) is 0.590. The van der Waals surface area contributed by atoms with Gasteiger partial charge in [0.05, 0.1) is 13.2 Å². The van der Waals surface area contributed by atoms with Crippen LogP contribution in [0.1, 0.15) is 15.3 Å². The van der Waals surface area contributed by atoms with Gasteiger partial charge in [0.25, 0.3) is 0 Å². The van der Waals surface area contributed by atoms with Crippen molar-refractivity contribution >= 4 is 16.4 Å². The molecule has 0 heterocycles. The summed E-state index contributed by atoms with van der Waals surface area (Å²) in [4.78, 5) is 10.6. The third-order valence-corrected chi connectivity index (χ3v) is 2.16. The molecule has 1 atom stereocenters. The molecule has 0 radical (unpaired) electrons. The van der Waals surface area contributed by atoms with E-state index < -0.39 is 29.1 Å². The maximum Gasteiger partial charge on any atom is 1.00 e. The fraction of sp³-hybridized carbons (Fsp3) is 0.700. The summed E-state index contributed by atoms with van der Waals surface area (Å²) in [5, 5.41) is 16.9. The van der Waals surface area contributed by atoms with Crippen LogP contribution in [0.15, 0.2) is 12.7 Å². The summed E-state index contributed by atoms with van der Waals surface area (Å²) in [5.74, 6) is -1.50. The Morgan fingerprint density at radius 2 is 1.90 bits per heavy atom. The van der Waals surface area contributed by atoms with Gasteiger partial charge in [0.1, 0.15) is 0 Å². The molecule has 116 valence electrons. The van der Waals surface area contributed by atoms with Crippen LogP contribution in [-0.2, 0) is 28.3 Å². The average molecular weight is 324 g/mol. The quantitative estimate of drug-likeness (QED) is 0.348. The molecule has 20 heavy (non-hydrogen) atoms. The Labute approximate surface area is 142 Å². The first-order valence-electron chi connectivity index (χ1n) is 5.44. The van der Waals surface area contributed by atoms with Crippen molar-refractivity contribution in [2.75, 3.05) is 26.4 Å². The number of rotatable bonds is 8. The molecule has 8 nitrogen and oxygen atoms in total. The van der Waals surface area contributed by atoms with Crippen molar-refractivity contribution in [1.82, 2.24) is 0 Å². The molecule has 0 saturated heterocycles. The molecule has 0 aliphatic heterocycles. The SMILES string of the molecule is C=CCOS(=O)(=O)OC(=O)C(O)CO.CCOCC.[H-].[Na+]. The van der Waals surface area contributed by atoms with Gasteiger partial charge in [-0.3, -0.25) is 0 Å².